The Labute approximate surface area is 195 Å². The molecule has 3 aromatic rings. The van der Waals surface area contributed by atoms with Gasteiger partial charge in [0.15, 0.2) is 0 Å². The van der Waals surface area contributed by atoms with Crippen LogP contribution in [0.1, 0.15) is 53.0 Å². The second kappa shape index (κ2) is 9.60. The van der Waals surface area contributed by atoms with Gasteiger partial charge in [0, 0.05) is 25.6 Å². The highest BCUT2D eigenvalue weighted by atomic mass is 16.2. The Morgan fingerprint density at radius 3 is 2.27 bits per heavy atom. The summed E-state index contributed by atoms with van der Waals surface area (Å²) in [5.41, 5.74) is 4.21. The van der Waals surface area contributed by atoms with Crippen LogP contribution in [-0.4, -0.2) is 30.4 Å². The van der Waals surface area contributed by atoms with Gasteiger partial charge in [-0.2, -0.15) is 5.26 Å². The monoisotopic (exact) mass is 435 g/mol. The van der Waals surface area contributed by atoms with Crippen molar-refractivity contribution in [3.8, 4) is 6.07 Å². The van der Waals surface area contributed by atoms with E-state index in [4.69, 9.17) is 0 Å². The van der Waals surface area contributed by atoms with E-state index in [9.17, 15) is 10.1 Å². The molecule has 5 rings (SSSR count). The fraction of sp³-hybridized carbons (Fsp3) is 0.310. The molecule has 3 aromatic carbocycles. The highest BCUT2D eigenvalue weighted by Gasteiger charge is 2.41. The highest BCUT2D eigenvalue weighted by Crippen LogP contribution is 2.41. The van der Waals surface area contributed by atoms with Crippen LogP contribution < -0.4 is 5.32 Å². The average molecular weight is 436 g/mol. The van der Waals surface area contributed by atoms with Crippen molar-refractivity contribution in [3.63, 3.8) is 0 Å². The van der Waals surface area contributed by atoms with Crippen molar-refractivity contribution in [3.05, 3.63) is 107 Å². The lowest BCUT2D eigenvalue weighted by atomic mass is 9.80. The first-order valence-electron chi connectivity index (χ1n) is 11.9. The summed E-state index contributed by atoms with van der Waals surface area (Å²) in [5, 5.41) is 13.0. The number of likely N-dealkylation sites (tertiary alicyclic amines) is 1. The third kappa shape index (κ3) is 4.29. The second-order valence-corrected chi connectivity index (χ2v) is 9.16. The van der Waals surface area contributed by atoms with Crippen LogP contribution in [0.15, 0.2) is 84.9 Å². The molecule has 4 heteroatoms. The maximum absolute atomic E-state index is 14.0. The molecule has 0 aromatic heterocycles. The number of carbonyl (C=O) groups excluding carboxylic acids is 1. The number of benzene rings is 3. The van der Waals surface area contributed by atoms with Gasteiger partial charge in [0.2, 0.25) is 5.91 Å². The van der Waals surface area contributed by atoms with E-state index in [1.54, 1.807) is 0 Å². The van der Waals surface area contributed by atoms with Gasteiger partial charge < -0.3 is 10.2 Å². The number of nitrogens with zero attached hydrogens (tertiary/aromatic N) is 2. The van der Waals surface area contributed by atoms with Crippen LogP contribution in [0, 0.1) is 17.2 Å². The summed E-state index contributed by atoms with van der Waals surface area (Å²) in [7, 11) is 0. The first kappa shape index (κ1) is 21.4. The quantitative estimate of drug-likeness (QED) is 0.627. The molecular weight excluding hydrogens is 406 g/mol. The Morgan fingerprint density at radius 1 is 0.879 bits per heavy atom. The molecule has 2 heterocycles. The molecule has 1 N–H and O–H groups in total. The van der Waals surface area contributed by atoms with Gasteiger partial charge in [-0.1, -0.05) is 78.9 Å². The maximum Gasteiger partial charge on any atom is 0.228 e. The van der Waals surface area contributed by atoms with Crippen LogP contribution in [0.2, 0.25) is 0 Å². The first-order valence-corrected chi connectivity index (χ1v) is 11.9. The Balaban J connectivity index is 1.44. The van der Waals surface area contributed by atoms with Gasteiger partial charge in [-0.05, 0) is 41.5 Å². The molecule has 0 radical (unpaired) electrons. The Hall–Kier alpha value is -3.42. The zero-order chi connectivity index (χ0) is 22.6. The van der Waals surface area contributed by atoms with Gasteiger partial charge in [-0.3, -0.25) is 4.79 Å². The minimum absolute atomic E-state index is 0.0246. The van der Waals surface area contributed by atoms with E-state index in [-0.39, 0.29) is 23.8 Å². The van der Waals surface area contributed by atoms with Crippen molar-refractivity contribution in [2.24, 2.45) is 5.92 Å². The molecule has 33 heavy (non-hydrogen) atoms. The molecule has 2 aliphatic heterocycles. The number of nitriles is 1. The molecular formula is C29H29N3O. The standard InChI is InChI=1S/C29H29N3O/c30-18-24-13-7-8-14-25(24)26-19-31-20-27(26)29(33)32-16-15-23(21-9-3-1-4-10-21)17-28(32)22-11-5-2-6-12-22/h1-14,23,26-28,31H,15-17,19-20H2/t23-,26-,27+,28+/m0/s1. The molecule has 0 saturated carbocycles. The lowest BCUT2D eigenvalue weighted by Crippen LogP contribution is -2.45. The molecule has 166 valence electrons. The lowest BCUT2D eigenvalue weighted by Gasteiger charge is -2.42. The number of hydrogen-bond acceptors (Lipinski definition) is 3. The predicted octanol–water partition coefficient (Wildman–Crippen LogP) is 5.01. The van der Waals surface area contributed by atoms with E-state index in [1.807, 2.05) is 30.3 Å². The molecule has 2 fully saturated rings. The van der Waals surface area contributed by atoms with E-state index < -0.39 is 0 Å². The predicted molar refractivity (Wildman–Crippen MR) is 130 cm³/mol. The Bertz CT molecular complexity index is 1140. The fourth-order valence-corrected chi connectivity index (χ4v) is 5.65. The smallest absolute Gasteiger partial charge is 0.228 e. The van der Waals surface area contributed by atoms with Crippen LogP contribution in [0.4, 0.5) is 0 Å². The summed E-state index contributed by atoms with van der Waals surface area (Å²) in [6.07, 6.45) is 1.90. The molecule has 0 aliphatic carbocycles. The number of piperidine rings is 1. The maximum atomic E-state index is 14.0. The molecule has 0 bridgehead atoms. The van der Waals surface area contributed by atoms with Crippen LogP contribution in [0.3, 0.4) is 0 Å². The molecule has 2 aliphatic rings. The van der Waals surface area contributed by atoms with Crippen LogP contribution >= 0.6 is 0 Å². The van der Waals surface area contributed by atoms with Gasteiger partial charge in [-0.25, -0.2) is 0 Å². The van der Waals surface area contributed by atoms with E-state index >= 15 is 0 Å². The van der Waals surface area contributed by atoms with Crippen molar-refractivity contribution in [1.82, 2.24) is 10.2 Å². The van der Waals surface area contributed by atoms with E-state index in [0.29, 0.717) is 18.0 Å². The van der Waals surface area contributed by atoms with Gasteiger partial charge in [0.1, 0.15) is 0 Å². The van der Waals surface area contributed by atoms with Gasteiger partial charge in [0.25, 0.3) is 0 Å². The number of carbonyl (C=O) groups is 1. The summed E-state index contributed by atoms with van der Waals surface area (Å²) in [4.78, 5) is 16.1. The third-order valence-corrected chi connectivity index (χ3v) is 7.35. The SMILES string of the molecule is N#Cc1ccccc1[C@@H]1CNC[C@H]1C(=O)N1CC[C@H](c2ccccc2)C[C@@H]1c1ccccc1. The van der Waals surface area contributed by atoms with Crippen molar-refractivity contribution in [2.45, 2.75) is 30.7 Å². The van der Waals surface area contributed by atoms with Crippen molar-refractivity contribution < 1.29 is 4.79 Å². The first-order chi connectivity index (χ1) is 16.3. The summed E-state index contributed by atoms with van der Waals surface area (Å²) in [6.45, 7) is 2.13. The lowest BCUT2D eigenvalue weighted by molar-refractivity contribution is -0.139. The third-order valence-electron chi connectivity index (χ3n) is 7.35. The molecule has 0 spiro atoms. The van der Waals surface area contributed by atoms with Crippen LogP contribution in [0.5, 0.6) is 0 Å². The molecule has 2 saturated heterocycles. The van der Waals surface area contributed by atoms with Crippen LogP contribution in [0.25, 0.3) is 0 Å². The zero-order valence-corrected chi connectivity index (χ0v) is 18.7. The van der Waals surface area contributed by atoms with E-state index in [0.717, 1.165) is 31.5 Å². The second-order valence-electron chi connectivity index (χ2n) is 9.16. The molecule has 1 amide bonds. The average Bonchev–Trinajstić information content (AvgIpc) is 3.39. The normalized spacial score (nSPS) is 24.9. The summed E-state index contributed by atoms with van der Waals surface area (Å²) >= 11 is 0. The number of amides is 1. The van der Waals surface area contributed by atoms with Gasteiger partial charge in [-0.15, -0.1) is 0 Å². The molecule has 4 nitrogen and oxygen atoms in total. The number of hydrogen-bond donors (Lipinski definition) is 1. The van der Waals surface area contributed by atoms with Gasteiger partial charge in [0.05, 0.1) is 23.6 Å². The van der Waals surface area contributed by atoms with Crippen LogP contribution in [-0.2, 0) is 4.79 Å². The van der Waals surface area contributed by atoms with Crippen molar-refractivity contribution in [2.75, 3.05) is 19.6 Å². The minimum Gasteiger partial charge on any atom is -0.335 e. The summed E-state index contributed by atoms with van der Waals surface area (Å²) in [5.74, 6) is 0.519. The van der Waals surface area contributed by atoms with Crippen molar-refractivity contribution in [1.29, 1.82) is 5.26 Å². The summed E-state index contributed by atoms with van der Waals surface area (Å²) in [6, 6.07) is 31.2. The minimum atomic E-state index is -0.154. The van der Waals surface area contributed by atoms with E-state index in [2.05, 4.69) is 70.9 Å². The Morgan fingerprint density at radius 2 is 1.55 bits per heavy atom. The number of nitrogens with one attached hydrogen (secondary N) is 1. The number of rotatable bonds is 4. The fourth-order valence-electron chi connectivity index (χ4n) is 5.65. The summed E-state index contributed by atoms with van der Waals surface area (Å²) < 4.78 is 0. The molecule has 0 unspecified atom stereocenters. The van der Waals surface area contributed by atoms with Gasteiger partial charge >= 0.3 is 0 Å². The largest absolute Gasteiger partial charge is 0.335 e. The molecule has 4 atom stereocenters. The van der Waals surface area contributed by atoms with E-state index in [1.165, 1.54) is 11.1 Å². The topological polar surface area (TPSA) is 56.1 Å². The zero-order valence-electron chi connectivity index (χ0n) is 18.7. The highest BCUT2D eigenvalue weighted by molar-refractivity contribution is 5.81. The van der Waals surface area contributed by atoms with Crippen molar-refractivity contribution >= 4 is 5.91 Å². The Kier molecular flexibility index (Phi) is 6.24.